The highest BCUT2D eigenvalue weighted by Gasteiger charge is 2.50. The van der Waals surface area contributed by atoms with Crippen LogP contribution in [0.15, 0.2) is 66.2 Å². The van der Waals surface area contributed by atoms with Crippen LogP contribution in [-0.2, 0) is 21.8 Å². The van der Waals surface area contributed by atoms with Crippen molar-refractivity contribution in [2.75, 3.05) is 36.0 Å². The Kier molecular flexibility index (Phi) is 10.3. The Morgan fingerprint density at radius 3 is 2.44 bits per heavy atom. The van der Waals surface area contributed by atoms with Gasteiger partial charge in [0.05, 0.1) is 24.2 Å². The van der Waals surface area contributed by atoms with Gasteiger partial charge in [0.15, 0.2) is 0 Å². The quantitative estimate of drug-likeness (QED) is 0.121. The van der Waals surface area contributed by atoms with Gasteiger partial charge in [-0.15, -0.1) is 0 Å². The minimum atomic E-state index is -1.35. The normalized spacial score (nSPS) is 22.5. The van der Waals surface area contributed by atoms with E-state index in [1.807, 2.05) is 32.9 Å². The van der Waals surface area contributed by atoms with Gasteiger partial charge in [-0.05, 0) is 119 Å². The average Bonchev–Trinajstić information content (AvgIpc) is 4.03. The van der Waals surface area contributed by atoms with E-state index < -0.39 is 11.9 Å². The van der Waals surface area contributed by atoms with Crippen molar-refractivity contribution in [1.82, 2.24) is 29.1 Å². The third-order valence-corrected chi connectivity index (χ3v) is 12.3. The maximum atomic E-state index is 13.3. The van der Waals surface area contributed by atoms with E-state index in [-0.39, 0.29) is 438 Å². The van der Waals surface area contributed by atoms with Gasteiger partial charge in [0.1, 0.15) is 44.0 Å². The monoisotopic (exact) mass is 1380 g/mol. The van der Waals surface area contributed by atoms with Crippen molar-refractivity contribution in [3.05, 3.63) is 110 Å². The molecule has 3 unspecified atom stereocenters. The first kappa shape index (κ1) is 35.8. The van der Waals surface area contributed by atoms with Gasteiger partial charge in [-0.2, -0.15) is 10.2 Å². The minimum absolute atomic E-state index is 0. The van der Waals surface area contributed by atoms with Crippen LogP contribution in [0.1, 0.15) is 475 Å². The standard InChI is InChI=1S/C43H54Cl2N8O4.276H2/c1-10-37(26(2)3)53-42(54)52(25-48-53)34-11-13-38(27(4)17-34)49-15-16-51(29(6)20-49)33-12-14-39(28(5)18-33)55-21-40-32(9)56-43(57-40,22-50-24-46-23-47-50)41-31(8)30(7)35(44)19-36(41)45;;;;;;;;;;;;;;;;;;;;;;;;;;;;;;;;;;;;;;;;;;;;;;;;;;;;;;;;;;;;;;;;;;;;;;;;;;;;;;;;;;;;;;;;;;;;;;;;;;;;;;;;;;;;;;;;;;;;;;;;;;;;;;;;;;;;;;;;;;;;;;;;;;;;;;;;;;;;;;;;;;;;;;;;;;;;;;;;;;;;;;;;;;;;;;;;;;;;;;;;;;;;;;;;;;;;;;;;;;;;;;;;;;;;;;;;;;;;;;;;;;;;;;;;;;;;;;;;;;;;;;;;;;;;;;;;;;;;/h11-14,17-19,23-26,29,32,37,40H,10,15-16,20-22H2,1-9H3;276*1H/t29?,32?,37?,40-,43-;;;;;;;;;;;;;;;;;;;;;;;;;;;;;;;;;;;;;;;;;;;;;;;;;;;;;;;;;;;;;;;;;;;;;;;;;;;;;;;;;;;;;;;;;;;;;;;;;;;;;;;;;;;;;;;;;;;;;;;;;;;;;;;;;;;;;;;;;;;;;;;;;;;;;;;;;;;;;;;;;;;;;;;;;;;;;;;;;;;;;;;;;;;;;;;;;;;;;;;;;;;;;;;;;;;;;;;;;;;;;;;;;;;;;;;;;;;;;;;;;;;;;;;;;;;;;;;;;;;;;;;;;;;;;;;;;;;;/m1..................................................................................................................................................................................................................................................................................../s1/i19D;3*1+1D;;;;;;;;;;;;;;;;;;;;;;;;;;;;;;;;;;;;;;;;;;;;;;;;;;;;;;;;;;;;;;;;;;;;;;;;;;;;;;;;;;;;;;;;;;;;;;;;;;;;;;;;;;;;;;;;;;;;;;;;;;;;;;;;;;;;;;;;;;;;;;;;;;;;;;;;;;;;;;;;;;;;;;;;;;;;;;;;;;;;;;;;;;;;;;;;;;;;;;;;;;;;;;;;;;;;;;;;;;;;;;;;;;;;;;;;;;;;;;;;;;;;;;;;;;;;;;;;;;;;;;;;;;;;;;;;;. The molecule has 4 heterocycles. The summed E-state index contributed by atoms with van der Waals surface area (Å²) in [5, 5.41) is 9.26. The number of hydrogen-bond acceptors (Lipinski definition) is 9. The van der Waals surface area contributed by atoms with Gasteiger partial charge in [-0.3, -0.25) is 0 Å². The van der Waals surface area contributed by atoms with E-state index in [1.54, 1.807) is 26.6 Å². The van der Waals surface area contributed by atoms with Crippen molar-refractivity contribution in [1.29, 1.82) is 0 Å². The molecule has 2 aliphatic heterocycles. The molecule has 5 aromatic rings. The zero-order valence-corrected chi connectivity index (χ0v) is 35.8. The maximum absolute atomic E-state index is 13.3. The Labute approximate surface area is 761 Å². The average molecular weight is 1380 g/mol. The lowest BCUT2D eigenvalue weighted by atomic mass is 9.96. The predicted octanol–water partition coefficient (Wildman–Crippen LogP) is 76.1. The lowest BCUT2D eigenvalue weighted by Crippen LogP contribution is -2.52. The molecule has 2 saturated heterocycles. The number of nitrogens with zero attached hydrogens (tertiary/aromatic N) is 8. The summed E-state index contributed by atoms with van der Waals surface area (Å²) in [4.78, 5) is 22.3. The molecule has 57 heavy (non-hydrogen) atoms. The largest absolute Gasteiger partial charge is 0.490 e. The number of hydrogen-bond donors (Lipinski definition) is 0. The highest BCUT2D eigenvalue weighted by atomic mass is 35.5. The molecule has 0 N–H and O–H groups in total. The lowest BCUT2D eigenvalue weighted by molar-refractivity contribution is -0.196. The van der Waals surface area contributed by atoms with Crippen molar-refractivity contribution in [3.63, 3.8) is 0 Å². The summed E-state index contributed by atoms with van der Waals surface area (Å²) >= 11 is 13.3. The summed E-state index contributed by atoms with van der Waals surface area (Å²) in [5.41, 5.74) is 7.26. The van der Waals surface area contributed by atoms with Crippen LogP contribution in [0, 0.1) is 33.6 Å². The zero-order valence-electron chi connectivity index (χ0n) is 41.3. The molecule has 14 heteroatoms. The lowest BCUT2D eigenvalue weighted by Gasteiger charge is -2.43. The van der Waals surface area contributed by atoms with Crippen LogP contribution >= 0.6 is 23.2 Å². The third kappa shape index (κ3) is 7.93. The SMILES string of the molecule is [2H][2H].[2H][2H].[2H][2H].[2H]c1c(Cl)c(C)c(C)c([C@]2(Cn3cncn3)OC(C)[C@@H](COc3ccc(N4CCN(c5ccc(-n6cnn(C(CC)C(C)C)c6=O)cc5C)CC4C)cc3C)O2)c1Cl.[HH].[HH].[HH].[HH].[HH].[HH].[HH].[HH].[HH].[HH].[HH].[HH].[HH].[HH].[HH].[HH].[HH].[HH].[HH].[HH].[HH].[HH].[HH].[HH].[HH].[HH].[HH].[HH].[HH].[HH].[HH].[HH].[HH].[HH].[HH].[HH].[HH].[HH].[HH].[HH].[HH].[HH].[HH].[HH].[HH].[HH].[HH].[HH].[HH].[HH].[HH].[HH].[HH].[HH].[HH].[HH].[HH].[HH].[HH].[HH].[HH].[HH].[HH].[HH].[HH].[HH].[HH].[HH].[HH].[HH].[HH].[HH].[HH].[HH].[HH].[HH].[HH].[HH].[HH].[HH].[HH].[HH].[HH].[HH].[HH].[HH].[HH].[HH].[HH].[HH].[HH].[HH].[HH].[HH].[HH].[HH].[HH].[HH].[HH].[HH].[HH].[HH].[HH].[HH].[HH].[HH].[HH].[HH].[HH].[HH].[HH].[HH].[HH].[HH].[HH].[HH].[HH].[HH].[HH].[HH].[HH].[HH].[HH].[HH].[HH].[HH].[HH].[HH].[HH].[HH].[HH].[HH].[HH].[HH].[HH].[HH].[HH].[HH].[HH].[HH].[HH].[HH].[HH].[HH].[HH].[HH].[HH].[HH].[HH].[HH].[HH].[HH].[HH].[HH].[HH].[HH].[HH].[HH].[HH].[HH].[HH].[HH].[HH].[HH].[HH].[HH].[HH].[HH].[HH].[HH].[HH].[HH].[HH].[HH].[HH].[HH].[HH].[HH].[HH].[HH].[HH].[HH].[HH].[HH].[HH].[HH].[HH].[HH].[HH].[HH].[HH].[HH].[HH].[HH].[HH].[HH].[HH].[HH].[HH].[HH].[HH].[HH].[HH].[HH].[HH].[HH].[HH].[HH].[HH].[HH].[HH].[HH].[HH].[HH].[HH].[HH].[HH].[HH].[HH].[HH].[HH].[HH].[HH].[HH].[HH].[HH].[HH].[HH].[HH].[HH].[HH].[HH].[HH].[HH].[HH].[HH].[HH].[HH].[HH].[HH].[HH].[HH].[HH].[HH].[HH].[HH].[HH].[HH].[HH].[HH].[HH].[HH].[HH].[HH].[HH].[HH].[HH].[HH].[HH].[HH].[HH].[HH].[HH].[HH].[HH].[HH].[HH].[HH].[HH].[HH].[HH].[HH].[HH]. The highest BCUT2D eigenvalue weighted by molar-refractivity contribution is 6.35. The number of anilines is 2. The van der Waals surface area contributed by atoms with Crippen LogP contribution in [0.2, 0.25) is 10.0 Å². The summed E-state index contributed by atoms with van der Waals surface area (Å²) in [5.74, 6) is -0.266. The number of aromatic nitrogens is 6. The molecule has 3 aromatic carbocycles. The molecule has 2 aliphatic rings. The van der Waals surface area contributed by atoms with Gasteiger partial charge in [-0.25, -0.2) is 23.7 Å². The molecule has 0 saturated carbocycles. The molecular weight excluding hydrogens is 763 g/mol. The fourth-order valence-electron chi connectivity index (χ4n) is 8.43. The third-order valence-electron chi connectivity index (χ3n) is 11.7. The van der Waals surface area contributed by atoms with Crippen molar-refractivity contribution in [2.45, 2.75) is 105 Å². The molecule has 0 spiro atoms. The second-order valence-electron chi connectivity index (χ2n) is 15.9. The minimum Gasteiger partial charge on any atom is -0.490 e. The summed E-state index contributed by atoms with van der Waals surface area (Å²) in [6, 6.07) is 12.9. The van der Waals surface area contributed by atoms with E-state index in [0.717, 1.165) is 65.4 Å². The number of piperazine rings is 1. The van der Waals surface area contributed by atoms with Crippen LogP contribution in [0.4, 0.5) is 11.4 Å². The van der Waals surface area contributed by atoms with E-state index >= 15 is 0 Å². The Morgan fingerprint density at radius 2 is 1.77 bits per heavy atom. The Balaban J connectivity index is -0.000000000596. The number of benzene rings is 3. The highest BCUT2D eigenvalue weighted by Crippen LogP contribution is 2.46. The van der Waals surface area contributed by atoms with Crippen LogP contribution in [-0.4, -0.2) is 73.6 Å². The number of ether oxygens (including phenoxy) is 3. The zero-order chi connectivity index (χ0) is 47.6. The first-order valence-electron chi connectivity index (χ1n) is 23.3. The molecule has 0 radical (unpaired) electrons. The van der Waals surface area contributed by atoms with Crippen molar-refractivity contribution >= 4 is 34.6 Å². The molecule has 0 amide bonds. The molecule has 5 atom stereocenters. The Bertz CT molecular complexity index is 2520. The van der Waals surface area contributed by atoms with E-state index in [1.165, 1.54) is 12.0 Å². The van der Waals surface area contributed by atoms with Gasteiger partial charge in [-0.1, -0.05) is 44.0 Å². The van der Waals surface area contributed by atoms with Gasteiger partial charge in [0.2, 0.25) is 5.79 Å². The Morgan fingerprint density at radius 1 is 1.02 bits per heavy atom. The fourth-order valence-corrected chi connectivity index (χ4v) is 9.10. The number of aryl methyl sites for hydroxylation is 2. The van der Waals surface area contributed by atoms with Crippen molar-refractivity contribution in [2.24, 2.45) is 5.92 Å². The molecule has 2 aromatic heterocycles. The Hall–Kier alpha value is -4.36. The number of rotatable bonds is 12. The van der Waals surface area contributed by atoms with E-state index in [2.05, 4.69) is 90.8 Å². The van der Waals surface area contributed by atoms with Crippen LogP contribution < -0.4 is 20.2 Å². The second-order valence-corrected chi connectivity index (χ2v) is 16.6. The van der Waals surface area contributed by atoms with Crippen LogP contribution in [0.3, 0.4) is 0 Å². The second kappa shape index (κ2) is 16.5. The summed E-state index contributed by atoms with van der Waals surface area (Å²) in [7, 11) is 0. The molecule has 0 bridgehead atoms. The van der Waals surface area contributed by atoms with Crippen molar-refractivity contribution < 1.29 is 414 Å². The maximum Gasteiger partial charge on any atom is 0.350 e. The molecule has 856 valence electrons. The first-order chi connectivity index (χ1) is 30.6. The van der Waals surface area contributed by atoms with Gasteiger partial charge in [0.25, 0.3) is 0 Å². The van der Waals surface area contributed by atoms with Crippen LogP contribution in [0.25, 0.3) is 5.69 Å². The first-order valence-corrected chi connectivity index (χ1v) is 20.5. The summed E-state index contributed by atoms with van der Waals surface area (Å²) < 4.78 is 63.3. The topological polar surface area (TPSA) is 105 Å². The van der Waals surface area contributed by atoms with E-state index in [9.17, 15) is 4.79 Å². The number of halogens is 2. The van der Waals surface area contributed by atoms with E-state index in [0.29, 0.717) is 16.5 Å². The van der Waals surface area contributed by atoms with Crippen molar-refractivity contribution in [3.8, 4) is 11.4 Å². The van der Waals surface area contributed by atoms with E-state index in [4.69, 9.17) is 47.7 Å². The molecule has 0 aliphatic carbocycles. The predicted molar refractivity (Wildman–Crippen MR) is 809 cm³/mol. The molecule has 2 fully saturated rings. The smallest absolute Gasteiger partial charge is 0.350 e. The van der Waals surface area contributed by atoms with Crippen LogP contribution in [0.5, 0.6) is 5.75 Å². The molecule has 12 nitrogen and oxygen atoms in total. The molecule has 7 rings (SSSR count). The summed E-state index contributed by atoms with van der Waals surface area (Å²) in [6.07, 6.45) is 4.72. The van der Waals surface area contributed by atoms with Gasteiger partial charge >= 0.3 is 5.69 Å². The summed E-state index contributed by atoms with van der Waals surface area (Å²) in [6.45, 7) is 21.5. The molecular formula is C43H606Cl2N8O4. The fraction of sp³-hybridized carbons (Fsp3) is 0.488. The van der Waals surface area contributed by atoms with Gasteiger partial charge < -0.3 is 24.0 Å². The van der Waals surface area contributed by atoms with Gasteiger partial charge in [0, 0.05) is 446 Å².